The van der Waals surface area contributed by atoms with E-state index in [0.29, 0.717) is 12.1 Å². The highest BCUT2D eigenvalue weighted by atomic mass is 32.2. The minimum Gasteiger partial charge on any atom is -0.379 e. The van der Waals surface area contributed by atoms with E-state index in [1.165, 1.54) is 23.5 Å². The smallest absolute Gasteiger partial charge is 0.187 e. The Morgan fingerprint density at radius 1 is 0.750 bits per heavy atom. The van der Waals surface area contributed by atoms with Gasteiger partial charge in [-0.25, -0.2) is 29.3 Å². The van der Waals surface area contributed by atoms with E-state index < -0.39 is 0 Å². The van der Waals surface area contributed by atoms with Gasteiger partial charge in [0.2, 0.25) is 0 Å². The number of hydrogen-bond donors (Lipinski definition) is 2. The summed E-state index contributed by atoms with van der Waals surface area (Å²) in [5, 5.41) is 17.0. The van der Waals surface area contributed by atoms with Crippen LogP contribution in [0.25, 0.3) is 22.5 Å². The van der Waals surface area contributed by atoms with Gasteiger partial charge in [0.1, 0.15) is 11.6 Å². The summed E-state index contributed by atoms with van der Waals surface area (Å²) in [5.74, 6) is 1.96. The Kier molecular flexibility index (Phi) is 9.52. The number of thioether (sulfide) groups is 2. The summed E-state index contributed by atoms with van der Waals surface area (Å²) in [6.07, 6.45) is 13.2. The Hall–Kier alpha value is -3.20. The van der Waals surface area contributed by atoms with E-state index in [4.69, 9.17) is 9.47 Å². The van der Waals surface area contributed by atoms with Crippen molar-refractivity contribution >= 4 is 35.2 Å². The number of hydrogen-bond acceptors (Lipinski definition) is 12. The fraction of sp³-hybridized carbons (Fsp3) is 0.462. The van der Waals surface area contributed by atoms with Crippen LogP contribution in [0.4, 0.5) is 11.6 Å². The third kappa shape index (κ3) is 6.09. The summed E-state index contributed by atoms with van der Waals surface area (Å²) in [6, 6.07) is 4.42. The van der Waals surface area contributed by atoms with Gasteiger partial charge in [0, 0.05) is 39.7 Å². The predicted molar refractivity (Wildman–Crippen MR) is 158 cm³/mol. The second-order valence-corrected chi connectivity index (χ2v) is 10.6. The number of anilines is 2. The van der Waals surface area contributed by atoms with Gasteiger partial charge in [-0.15, -0.1) is 0 Å². The maximum Gasteiger partial charge on any atom is 0.187 e. The Morgan fingerprint density at radius 2 is 1.20 bits per heavy atom. The van der Waals surface area contributed by atoms with Crippen molar-refractivity contribution in [3.05, 3.63) is 36.9 Å². The van der Waals surface area contributed by atoms with Gasteiger partial charge >= 0.3 is 0 Å². The van der Waals surface area contributed by atoms with Crippen molar-refractivity contribution in [1.29, 1.82) is 0 Å². The molecule has 4 aromatic heterocycles. The predicted octanol–water partition coefficient (Wildman–Crippen LogP) is 4.13. The topological polar surface area (TPSA) is 130 Å². The number of nitrogens with one attached hydrogen (secondary N) is 2. The first-order chi connectivity index (χ1) is 19.7. The molecule has 2 aliphatic heterocycles. The fourth-order valence-electron chi connectivity index (χ4n) is 4.76. The number of aromatic nitrogens is 8. The van der Waals surface area contributed by atoms with E-state index >= 15 is 0 Å². The third-order valence-corrected chi connectivity index (χ3v) is 7.88. The zero-order valence-corrected chi connectivity index (χ0v) is 24.7. The van der Waals surface area contributed by atoms with Crippen LogP contribution in [0.5, 0.6) is 0 Å². The molecule has 40 heavy (non-hydrogen) atoms. The van der Waals surface area contributed by atoms with Gasteiger partial charge in [-0.1, -0.05) is 23.5 Å². The first kappa shape index (κ1) is 28.3. The molecule has 6 heterocycles. The van der Waals surface area contributed by atoms with Gasteiger partial charge in [0.05, 0.1) is 60.2 Å². The summed E-state index contributed by atoms with van der Waals surface area (Å²) in [7, 11) is 3.81. The Balaban J connectivity index is 0.000000161. The van der Waals surface area contributed by atoms with Crippen molar-refractivity contribution in [3.63, 3.8) is 0 Å². The Labute approximate surface area is 242 Å². The standard InChI is InChI=1S/2C13H17N5OS/c2*1-14-12-10(11-3-5-15-13(17-11)20-2)7-16-18(12)9-4-6-19-8-9/h2*3,5,7,9,14H,4,6,8H2,1-2H3/t2*9-/m10/s1. The van der Waals surface area contributed by atoms with Crippen molar-refractivity contribution in [2.45, 2.75) is 35.2 Å². The van der Waals surface area contributed by atoms with Gasteiger partial charge in [0.25, 0.3) is 0 Å². The molecule has 0 spiro atoms. The highest BCUT2D eigenvalue weighted by Crippen LogP contribution is 2.32. The molecule has 0 aromatic carbocycles. The van der Waals surface area contributed by atoms with E-state index in [1.807, 2.05) is 60.5 Å². The molecule has 0 bridgehead atoms. The van der Waals surface area contributed by atoms with Crippen molar-refractivity contribution < 1.29 is 9.47 Å². The normalized spacial score (nSPS) is 18.4. The van der Waals surface area contributed by atoms with Crippen molar-refractivity contribution in [2.75, 3.05) is 63.7 Å². The highest BCUT2D eigenvalue weighted by Gasteiger charge is 2.24. The summed E-state index contributed by atoms with van der Waals surface area (Å²) in [6.45, 7) is 3.03. The lowest BCUT2D eigenvalue weighted by Crippen LogP contribution is -2.13. The third-order valence-electron chi connectivity index (χ3n) is 6.75. The Bertz CT molecular complexity index is 1290. The average Bonchev–Trinajstić information content (AvgIpc) is 3.82. The highest BCUT2D eigenvalue weighted by molar-refractivity contribution is 7.98. The van der Waals surface area contributed by atoms with Crippen LogP contribution in [0.1, 0.15) is 24.9 Å². The molecule has 2 N–H and O–H groups in total. The zero-order valence-electron chi connectivity index (χ0n) is 23.1. The molecule has 0 aliphatic carbocycles. The van der Waals surface area contributed by atoms with Gasteiger partial charge in [-0.05, 0) is 37.5 Å². The quantitative estimate of drug-likeness (QED) is 0.229. The van der Waals surface area contributed by atoms with E-state index in [1.54, 1.807) is 12.4 Å². The monoisotopic (exact) mass is 582 g/mol. The maximum absolute atomic E-state index is 5.44. The van der Waals surface area contributed by atoms with Gasteiger partial charge in [-0.3, -0.25) is 0 Å². The lowest BCUT2D eigenvalue weighted by molar-refractivity contribution is 0.185. The number of ether oxygens (including phenoxy) is 2. The van der Waals surface area contributed by atoms with E-state index in [2.05, 4.69) is 40.8 Å². The maximum atomic E-state index is 5.44. The second-order valence-electron chi connectivity index (χ2n) is 9.09. The van der Waals surface area contributed by atoms with Crippen LogP contribution >= 0.6 is 23.5 Å². The molecule has 0 radical (unpaired) electrons. The largest absolute Gasteiger partial charge is 0.379 e. The van der Waals surface area contributed by atoms with Crippen LogP contribution in [0.3, 0.4) is 0 Å². The average molecular weight is 583 g/mol. The molecule has 2 aliphatic rings. The first-order valence-electron chi connectivity index (χ1n) is 13.1. The molecular weight excluding hydrogens is 548 g/mol. The molecule has 0 amide bonds. The lowest BCUT2D eigenvalue weighted by Gasteiger charge is -2.13. The molecule has 6 rings (SSSR count). The molecule has 0 saturated carbocycles. The van der Waals surface area contributed by atoms with Crippen LogP contribution in [0.15, 0.2) is 47.2 Å². The zero-order chi connectivity index (χ0) is 27.9. The van der Waals surface area contributed by atoms with Crippen molar-refractivity contribution in [1.82, 2.24) is 39.5 Å². The molecule has 14 heteroatoms. The van der Waals surface area contributed by atoms with Crippen LogP contribution in [-0.2, 0) is 9.47 Å². The van der Waals surface area contributed by atoms with Crippen LogP contribution in [-0.4, -0.2) is 92.5 Å². The Morgan fingerprint density at radius 3 is 1.55 bits per heavy atom. The molecule has 4 aromatic rings. The minimum atomic E-state index is 0.299. The molecule has 0 unspecified atom stereocenters. The molecule has 12 nitrogen and oxygen atoms in total. The van der Waals surface area contributed by atoms with Gasteiger partial charge in [0.15, 0.2) is 10.3 Å². The number of rotatable bonds is 8. The van der Waals surface area contributed by atoms with Crippen LogP contribution < -0.4 is 10.6 Å². The van der Waals surface area contributed by atoms with E-state index in [9.17, 15) is 0 Å². The summed E-state index contributed by atoms with van der Waals surface area (Å²) in [4.78, 5) is 17.5. The molecular formula is C26H34N10O2S2. The minimum absolute atomic E-state index is 0.299. The van der Waals surface area contributed by atoms with Crippen molar-refractivity contribution in [3.8, 4) is 22.5 Å². The first-order valence-corrected chi connectivity index (χ1v) is 15.5. The van der Waals surface area contributed by atoms with E-state index in [0.717, 1.165) is 83.7 Å². The SMILES string of the molecule is CNc1c(-c2ccnc(SC)n2)cnn1[C@@H]1CCOC1.CNc1c(-c2ccnc(SC)n2)cnn1[C@H]1CCOC1. The van der Waals surface area contributed by atoms with Crippen LogP contribution in [0, 0.1) is 0 Å². The van der Waals surface area contributed by atoms with Gasteiger partial charge < -0.3 is 20.1 Å². The summed E-state index contributed by atoms with van der Waals surface area (Å²) in [5.41, 5.74) is 3.77. The number of nitrogens with zero attached hydrogens (tertiary/aromatic N) is 8. The van der Waals surface area contributed by atoms with Crippen molar-refractivity contribution in [2.24, 2.45) is 0 Å². The second kappa shape index (κ2) is 13.4. The molecule has 2 fully saturated rings. The summed E-state index contributed by atoms with van der Waals surface area (Å²) >= 11 is 3.07. The molecule has 2 saturated heterocycles. The fourth-order valence-corrected chi connectivity index (χ4v) is 5.47. The summed E-state index contributed by atoms with van der Waals surface area (Å²) < 4.78 is 14.9. The molecule has 2 atom stereocenters. The van der Waals surface area contributed by atoms with E-state index in [-0.39, 0.29) is 0 Å². The molecule has 212 valence electrons. The van der Waals surface area contributed by atoms with Crippen LogP contribution in [0.2, 0.25) is 0 Å². The lowest BCUT2D eigenvalue weighted by atomic mass is 10.2. The van der Waals surface area contributed by atoms with Gasteiger partial charge in [-0.2, -0.15) is 10.2 Å².